The monoisotopic (exact) mass is 285 g/mol. The number of benzene rings is 1. The van der Waals surface area contributed by atoms with Gasteiger partial charge >= 0.3 is 5.97 Å². The van der Waals surface area contributed by atoms with Crippen LogP contribution in [-0.2, 0) is 9.53 Å². The van der Waals surface area contributed by atoms with Crippen molar-refractivity contribution in [2.75, 3.05) is 20.3 Å². The highest BCUT2D eigenvalue weighted by Crippen LogP contribution is 2.22. The predicted molar refractivity (Wildman–Crippen MR) is 71.6 cm³/mol. The number of carbonyl (C=O) groups excluding carboxylic acids is 2. The topological polar surface area (TPSA) is 64.6 Å². The van der Waals surface area contributed by atoms with Gasteiger partial charge in [-0.25, -0.2) is 0 Å². The van der Waals surface area contributed by atoms with E-state index in [1.54, 1.807) is 19.1 Å². The molecule has 0 heterocycles. The van der Waals surface area contributed by atoms with Crippen molar-refractivity contribution in [1.29, 1.82) is 0 Å². The summed E-state index contributed by atoms with van der Waals surface area (Å²) in [7, 11) is 1.47. The Kier molecular flexibility index (Phi) is 6.15. The van der Waals surface area contributed by atoms with Crippen molar-refractivity contribution in [3.63, 3.8) is 0 Å². The number of hydrogen-bond donors (Lipinski definition) is 1. The molecule has 1 rings (SSSR count). The summed E-state index contributed by atoms with van der Waals surface area (Å²) < 4.78 is 9.83. The van der Waals surface area contributed by atoms with Crippen LogP contribution in [0.4, 0.5) is 0 Å². The Balaban J connectivity index is 2.58. The van der Waals surface area contributed by atoms with Gasteiger partial charge in [-0.3, -0.25) is 9.59 Å². The van der Waals surface area contributed by atoms with Crippen LogP contribution in [-0.4, -0.2) is 32.1 Å². The molecule has 0 spiro atoms. The summed E-state index contributed by atoms with van der Waals surface area (Å²) in [5.74, 6) is -0.262. The third-order valence-electron chi connectivity index (χ3n) is 2.33. The van der Waals surface area contributed by atoms with E-state index in [1.807, 2.05) is 0 Å². The summed E-state index contributed by atoms with van der Waals surface area (Å²) in [5, 5.41) is 3.05. The average Bonchev–Trinajstić information content (AvgIpc) is 2.38. The average molecular weight is 286 g/mol. The zero-order valence-corrected chi connectivity index (χ0v) is 11.6. The zero-order valence-electron chi connectivity index (χ0n) is 10.9. The molecule has 5 nitrogen and oxygen atoms in total. The molecule has 0 saturated heterocycles. The number of rotatable bonds is 6. The van der Waals surface area contributed by atoms with Crippen molar-refractivity contribution in [3.05, 3.63) is 28.8 Å². The fourth-order valence-electron chi connectivity index (χ4n) is 1.46. The van der Waals surface area contributed by atoms with E-state index in [-0.39, 0.29) is 24.8 Å². The lowest BCUT2D eigenvalue weighted by molar-refractivity contribution is -0.142. The first-order valence-electron chi connectivity index (χ1n) is 5.85. The van der Waals surface area contributed by atoms with E-state index in [0.29, 0.717) is 22.9 Å². The van der Waals surface area contributed by atoms with E-state index >= 15 is 0 Å². The van der Waals surface area contributed by atoms with Crippen molar-refractivity contribution in [2.24, 2.45) is 0 Å². The lowest BCUT2D eigenvalue weighted by atomic mass is 10.2. The van der Waals surface area contributed by atoms with E-state index in [2.05, 4.69) is 5.32 Å². The highest BCUT2D eigenvalue weighted by atomic mass is 35.5. The molecule has 0 radical (unpaired) electrons. The van der Waals surface area contributed by atoms with Crippen molar-refractivity contribution in [3.8, 4) is 5.75 Å². The van der Waals surface area contributed by atoms with Crippen LogP contribution in [0.5, 0.6) is 5.75 Å². The SMILES string of the molecule is CCOC(=O)CCNC(=O)c1cc(Cl)ccc1OC. The lowest BCUT2D eigenvalue weighted by Gasteiger charge is -2.09. The molecule has 0 bridgehead atoms. The van der Waals surface area contributed by atoms with Gasteiger partial charge in [-0.05, 0) is 25.1 Å². The number of amides is 1. The molecular weight excluding hydrogens is 270 g/mol. The van der Waals surface area contributed by atoms with Gasteiger partial charge in [-0.1, -0.05) is 11.6 Å². The number of nitrogens with one attached hydrogen (secondary N) is 1. The predicted octanol–water partition coefficient (Wildman–Crippen LogP) is 2.03. The summed E-state index contributed by atoms with van der Waals surface area (Å²) >= 11 is 5.83. The summed E-state index contributed by atoms with van der Waals surface area (Å²) in [5.41, 5.74) is 0.332. The summed E-state index contributed by atoms with van der Waals surface area (Å²) in [6.07, 6.45) is 0.127. The second kappa shape index (κ2) is 7.63. The van der Waals surface area contributed by atoms with Gasteiger partial charge in [0.05, 0.1) is 25.7 Å². The van der Waals surface area contributed by atoms with Crippen molar-refractivity contribution < 1.29 is 19.1 Å². The molecule has 6 heteroatoms. The van der Waals surface area contributed by atoms with E-state index < -0.39 is 0 Å². The molecule has 0 fully saturated rings. The summed E-state index contributed by atoms with van der Waals surface area (Å²) in [6.45, 7) is 2.26. The molecule has 0 aliphatic heterocycles. The van der Waals surface area contributed by atoms with E-state index in [9.17, 15) is 9.59 Å². The van der Waals surface area contributed by atoms with Crippen molar-refractivity contribution >= 4 is 23.5 Å². The molecule has 0 aliphatic rings. The quantitative estimate of drug-likeness (QED) is 0.812. The molecule has 0 saturated carbocycles. The van der Waals surface area contributed by atoms with Gasteiger partial charge < -0.3 is 14.8 Å². The molecule has 1 amide bonds. The summed E-state index contributed by atoms with van der Waals surface area (Å²) in [6, 6.07) is 4.76. The van der Waals surface area contributed by atoms with Gasteiger partial charge in [-0.2, -0.15) is 0 Å². The Morgan fingerprint density at radius 2 is 2.11 bits per heavy atom. The van der Waals surface area contributed by atoms with Gasteiger partial charge in [0.15, 0.2) is 0 Å². The normalized spacial score (nSPS) is 9.84. The van der Waals surface area contributed by atoms with Crippen molar-refractivity contribution in [2.45, 2.75) is 13.3 Å². The van der Waals surface area contributed by atoms with Gasteiger partial charge in [0.1, 0.15) is 5.75 Å². The Morgan fingerprint density at radius 1 is 1.37 bits per heavy atom. The first-order chi connectivity index (χ1) is 9.08. The van der Waals surface area contributed by atoms with Gasteiger partial charge in [0.2, 0.25) is 0 Å². The zero-order chi connectivity index (χ0) is 14.3. The highest BCUT2D eigenvalue weighted by Gasteiger charge is 2.13. The van der Waals surface area contributed by atoms with Crippen LogP contribution in [0.15, 0.2) is 18.2 Å². The summed E-state index contributed by atoms with van der Waals surface area (Å²) in [4.78, 5) is 23.0. The number of halogens is 1. The number of ether oxygens (including phenoxy) is 2. The largest absolute Gasteiger partial charge is 0.496 e. The molecule has 1 aromatic carbocycles. The maximum Gasteiger partial charge on any atom is 0.307 e. The molecule has 0 aromatic heterocycles. The highest BCUT2D eigenvalue weighted by molar-refractivity contribution is 6.31. The second-order valence-corrected chi connectivity index (χ2v) is 4.09. The van der Waals surface area contributed by atoms with Crippen LogP contribution in [0.3, 0.4) is 0 Å². The molecule has 1 N–H and O–H groups in total. The van der Waals surface area contributed by atoms with E-state index in [4.69, 9.17) is 21.1 Å². The van der Waals surface area contributed by atoms with Crippen LogP contribution < -0.4 is 10.1 Å². The minimum Gasteiger partial charge on any atom is -0.496 e. The Bertz CT molecular complexity index is 462. The first kappa shape index (κ1) is 15.3. The number of carbonyl (C=O) groups is 2. The standard InChI is InChI=1S/C13H16ClNO4/c1-3-19-12(16)6-7-15-13(17)10-8-9(14)4-5-11(10)18-2/h4-5,8H,3,6-7H2,1-2H3,(H,15,17). The Labute approximate surface area is 116 Å². The smallest absolute Gasteiger partial charge is 0.307 e. The maximum absolute atomic E-state index is 11.9. The van der Waals surface area contributed by atoms with Crippen LogP contribution in [0.2, 0.25) is 5.02 Å². The third-order valence-corrected chi connectivity index (χ3v) is 2.56. The molecule has 0 aliphatic carbocycles. The van der Waals surface area contributed by atoms with Crippen LogP contribution in [0, 0.1) is 0 Å². The fraction of sp³-hybridized carbons (Fsp3) is 0.385. The number of hydrogen-bond acceptors (Lipinski definition) is 4. The van der Waals surface area contributed by atoms with Gasteiger partial charge in [0, 0.05) is 11.6 Å². The Hall–Kier alpha value is -1.75. The molecule has 1 aromatic rings. The maximum atomic E-state index is 11.9. The molecule has 19 heavy (non-hydrogen) atoms. The number of methoxy groups -OCH3 is 1. The van der Waals surface area contributed by atoms with Crippen LogP contribution >= 0.6 is 11.6 Å². The van der Waals surface area contributed by atoms with Crippen molar-refractivity contribution in [1.82, 2.24) is 5.32 Å². The lowest BCUT2D eigenvalue weighted by Crippen LogP contribution is -2.27. The van der Waals surface area contributed by atoms with Crippen LogP contribution in [0.1, 0.15) is 23.7 Å². The first-order valence-corrected chi connectivity index (χ1v) is 6.23. The molecular formula is C13H16ClNO4. The Morgan fingerprint density at radius 3 is 2.74 bits per heavy atom. The molecule has 0 atom stereocenters. The van der Waals surface area contributed by atoms with E-state index in [1.165, 1.54) is 13.2 Å². The van der Waals surface area contributed by atoms with Crippen LogP contribution in [0.25, 0.3) is 0 Å². The van der Waals surface area contributed by atoms with Gasteiger partial charge in [-0.15, -0.1) is 0 Å². The molecule has 0 unspecified atom stereocenters. The minimum atomic E-state index is -0.346. The second-order valence-electron chi connectivity index (χ2n) is 3.66. The van der Waals surface area contributed by atoms with Gasteiger partial charge in [0.25, 0.3) is 5.91 Å². The number of esters is 1. The fourth-order valence-corrected chi connectivity index (χ4v) is 1.64. The van der Waals surface area contributed by atoms with E-state index in [0.717, 1.165) is 0 Å². The minimum absolute atomic E-state index is 0.127. The third kappa shape index (κ3) is 4.79. The molecule has 104 valence electrons.